The van der Waals surface area contributed by atoms with Gasteiger partial charge in [0.1, 0.15) is 25.2 Å². The SMILES string of the molecule is C/C=C/COc1cc(C)c(OCCCOc2ccc(/C=N/OC)cc2F)c(C)c1. The van der Waals surface area contributed by atoms with E-state index < -0.39 is 5.82 Å². The van der Waals surface area contributed by atoms with Gasteiger partial charge in [-0.15, -0.1) is 0 Å². The van der Waals surface area contributed by atoms with E-state index in [1.165, 1.54) is 19.4 Å². The maximum Gasteiger partial charge on any atom is 0.165 e. The summed E-state index contributed by atoms with van der Waals surface area (Å²) in [6, 6.07) is 8.57. The molecule has 6 heteroatoms. The van der Waals surface area contributed by atoms with Crippen LogP contribution in [0.4, 0.5) is 4.39 Å². The number of aryl methyl sites for hydroxylation is 2. The summed E-state index contributed by atoms with van der Waals surface area (Å²) in [7, 11) is 1.43. The molecule has 2 aromatic carbocycles. The highest BCUT2D eigenvalue weighted by molar-refractivity contribution is 5.79. The lowest BCUT2D eigenvalue weighted by Gasteiger charge is -2.14. The van der Waals surface area contributed by atoms with Crippen LogP contribution >= 0.6 is 0 Å². The molecule has 0 saturated heterocycles. The Morgan fingerprint density at radius 2 is 1.72 bits per heavy atom. The summed E-state index contributed by atoms with van der Waals surface area (Å²) in [4.78, 5) is 4.58. The Balaban J connectivity index is 1.81. The van der Waals surface area contributed by atoms with Gasteiger partial charge in [0.05, 0.1) is 19.4 Å². The van der Waals surface area contributed by atoms with Crippen molar-refractivity contribution in [3.05, 3.63) is 65.0 Å². The molecule has 0 saturated carbocycles. The van der Waals surface area contributed by atoms with Crippen LogP contribution in [0.2, 0.25) is 0 Å². The van der Waals surface area contributed by atoms with Crippen LogP contribution in [0.15, 0.2) is 47.6 Å². The van der Waals surface area contributed by atoms with Crippen LogP contribution < -0.4 is 14.2 Å². The van der Waals surface area contributed by atoms with Gasteiger partial charge in [-0.2, -0.15) is 0 Å². The van der Waals surface area contributed by atoms with Crippen LogP contribution in [0.25, 0.3) is 0 Å². The number of hydrogen-bond donors (Lipinski definition) is 0. The van der Waals surface area contributed by atoms with E-state index in [1.54, 1.807) is 12.1 Å². The third kappa shape index (κ3) is 7.14. The molecule has 0 atom stereocenters. The van der Waals surface area contributed by atoms with E-state index in [4.69, 9.17) is 14.2 Å². The minimum atomic E-state index is -0.439. The minimum Gasteiger partial charge on any atom is -0.493 e. The molecule has 0 aliphatic heterocycles. The van der Waals surface area contributed by atoms with Crippen molar-refractivity contribution in [2.75, 3.05) is 26.9 Å². The largest absolute Gasteiger partial charge is 0.493 e. The predicted molar refractivity (Wildman–Crippen MR) is 113 cm³/mol. The quantitative estimate of drug-likeness (QED) is 0.224. The van der Waals surface area contributed by atoms with Gasteiger partial charge in [-0.05, 0) is 67.8 Å². The van der Waals surface area contributed by atoms with E-state index in [1.807, 2.05) is 45.1 Å². The first-order chi connectivity index (χ1) is 14.0. The van der Waals surface area contributed by atoms with Gasteiger partial charge in [0.2, 0.25) is 0 Å². The van der Waals surface area contributed by atoms with Gasteiger partial charge >= 0.3 is 0 Å². The maximum absolute atomic E-state index is 14.0. The number of benzene rings is 2. The summed E-state index contributed by atoms with van der Waals surface area (Å²) >= 11 is 0. The Morgan fingerprint density at radius 3 is 2.38 bits per heavy atom. The fourth-order valence-electron chi connectivity index (χ4n) is 2.71. The third-order valence-electron chi connectivity index (χ3n) is 4.07. The molecule has 29 heavy (non-hydrogen) atoms. The Hall–Kier alpha value is -3.02. The number of oxime groups is 1. The first-order valence-corrected chi connectivity index (χ1v) is 9.52. The van der Waals surface area contributed by atoms with Gasteiger partial charge in [0.25, 0.3) is 0 Å². The zero-order valence-corrected chi connectivity index (χ0v) is 17.4. The molecule has 0 radical (unpaired) electrons. The highest BCUT2D eigenvalue weighted by Gasteiger charge is 2.08. The molecule has 0 N–H and O–H groups in total. The standard InChI is InChI=1S/C23H28FNO4/c1-5-6-10-27-20-13-17(2)23(18(3)14-20)29-12-7-11-28-22-9-8-19(15-21(22)24)16-25-26-4/h5-6,8-9,13-16H,7,10-12H2,1-4H3/b6-5+,25-16+. The fraction of sp³-hybridized carbons (Fsp3) is 0.348. The Morgan fingerprint density at radius 1 is 1.00 bits per heavy atom. The van der Waals surface area contributed by atoms with Crippen molar-refractivity contribution in [1.82, 2.24) is 0 Å². The molecule has 0 fully saturated rings. The van der Waals surface area contributed by atoms with Gasteiger partial charge in [-0.3, -0.25) is 0 Å². The van der Waals surface area contributed by atoms with Crippen LogP contribution in [0, 0.1) is 19.7 Å². The van der Waals surface area contributed by atoms with Gasteiger partial charge in [0, 0.05) is 6.42 Å². The summed E-state index contributed by atoms with van der Waals surface area (Å²) in [6.45, 7) is 7.31. The van der Waals surface area contributed by atoms with Crippen LogP contribution in [-0.4, -0.2) is 33.1 Å². The Labute approximate surface area is 171 Å². The minimum absolute atomic E-state index is 0.203. The van der Waals surface area contributed by atoms with Gasteiger partial charge in [-0.1, -0.05) is 17.3 Å². The molecule has 0 heterocycles. The molecule has 0 aliphatic rings. The Bertz CT molecular complexity index is 826. The molecule has 2 aromatic rings. The zero-order chi connectivity index (χ0) is 21.1. The maximum atomic E-state index is 14.0. The second kappa shape index (κ2) is 11.7. The molecule has 0 spiro atoms. The summed E-state index contributed by atoms with van der Waals surface area (Å²) in [5, 5.41) is 3.61. The number of rotatable bonds is 11. The molecule has 0 unspecified atom stereocenters. The molecule has 0 bridgehead atoms. The number of hydrogen-bond acceptors (Lipinski definition) is 5. The van der Waals surface area contributed by atoms with Gasteiger partial charge in [-0.25, -0.2) is 4.39 Å². The highest BCUT2D eigenvalue weighted by Crippen LogP contribution is 2.28. The molecule has 2 rings (SSSR count). The summed E-state index contributed by atoms with van der Waals surface area (Å²) in [5.74, 6) is 1.43. The molecular weight excluding hydrogens is 373 g/mol. The van der Waals surface area contributed by atoms with E-state index in [-0.39, 0.29) is 5.75 Å². The number of allylic oxidation sites excluding steroid dienone is 1. The average Bonchev–Trinajstić information content (AvgIpc) is 2.69. The van der Waals surface area contributed by atoms with Crippen LogP contribution in [0.1, 0.15) is 30.0 Å². The average molecular weight is 401 g/mol. The first-order valence-electron chi connectivity index (χ1n) is 9.52. The second-order valence-electron chi connectivity index (χ2n) is 6.42. The lowest BCUT2D eigenvalue weighted by molar-refractivity contribution is 0.215. The zero-order valence-electron chi connectivity index (χ0n) is 17.4. The summed E-state index contributed by atoms with van der Waals surface area (Å²) < 4.78 is 31.1. The van der Waals surface area contributed by atoms with Crippen LogP contribution in [0.5, 0.6) is 17.2 Å². The molecule has 156 valence electrons. The van der Waals surface area contributed by atoms with Gasteiger partial charge in [0.15, 0.2) is 11.6 Å². The van der Waals surface area contributed by atoms with E-state index in [0.717, 1.165) is 22.6 Å². The van der Waals surface area contributed by atoms with E-state index in [2.05, 4.69) is 9.99 Å². The summed E-state index contributed by atoms with van der Waals surface area (Å²) in [5.41, 5.74) is 2.63. The third-order valence-corrected chi connectivity index (χ3v) is 4.07. The second-order valence-corrected chi connectivity index (χ2v) is 6.42. The molecular formula is C23H28FNO4. The monoisotopic (exact) mass is 401 g/mol. The van der Waals surface area contributed by atoms with Crippen molar-refractivity contribution in [2.45, 2.75) is 27.2 Å². The summed E-state index contributed by atoms with van der Waals surface area (Å²) in [6.07, 6.45) is 5.97. The number of ether oxygens (including phenoxy) is 3. The van der Waals surface area contributed by atoms with E-state index in [9.17, 15) is 4.39 Å². The molecule has 0 aromatic heterocycles. The predicted octanol–water partition coefficient (Wildman–Crippen LogP) is 5.23. The number of nitrogens with zero attached hydrogens (tertiary/aromatic N) is 1. The fourth-order valence-corrected chi connectivity index (χ4v) is 2.71. The topological polar surface area (TPSA) is 49.3 Å². The molecule has 5 nitrogen and oxygen atoms in total. The lowest BCUT2D eigenvalue weighted by Crippen LogP contribution is -2.07. The van der Waals surface area contributed by atoms with Crippen molar-refractivity contribution in [3.63, 3.8) is 0 Å². The number of halogens is 1. The first kappa shape index (κ1) is 22.3. The van der Waals surface area contributed by atoms with Crippen LogP contribution in [-0.2, 0) is 4.84 Å². The molecule has 0 amide bonds. The van der Waals surface area contributed by atoms with Crippen molar-refractivity contribution in [3.8, 4) is 17.2 Å². The molecule has 0 aliphatic carbocycles. The van der Waals surface area contributed by atoms with Crippen molar-refractivity contribution in [2.24, 2.45) is 5.16 Å². The van der Waals surface area contributed by atoms with Crippen molar-refractivity contribution < 1.29 is 23.4 Å². The van der Waals surface area contributed by atoms with E-state index >= 15 is 0 Å². The van der Waals surface area contributed by atoms with Gasteiger partial charge < -0.3 is 19.0 Å². The van der Waals surface area contributed by atoms with E-state index in [0.29, 0.717) is 31.8 Å². The van der Waals surface area contributed by atoms with Crippen molar-refractivity contribution in [1.29, 1.82) is 0 Å². The normalized spacial score (nSPS) is 11.2. The highest BCUT2D eigenvalue weighted by atomic mass is 19.1. The van der Waals surface area contributed by atoms with Crippen LogP contribution in [0.3, 0.4) is 0 Å². The Kier molecular flexibility index (Phi) is 9.02. The lowest BCUT2D eigenvalue weighted by atomic mass is 10.1. The van der Waals surface area contributed by atoms with Crippen molar-refractivity contribution >= 4 is 6.21 Å². The smallest absolute Gasteiger partial charge is 0.165 e.